The van der Waals surface area contributed by atoms with Gasteiger partial charge in [0.15, 0.2) is 0 Å². The zero-order valence-corrected chi connectivity index (χ0v) is 19.3. The number of amides is 3. The predicted molar refractivity (Wildman–Crippen MR) is 120 cm³/mol. The smallest absolute Gasteiger partial charge is 0.315 e. The number of sulfonamides is 1. The molecule has 3 rings (SSSR count). The number of likely N-dealkylation sites (tertiary alicyclic amines) is 1. The fourth-order valence-electron chi connectivity index (χ4n) is 4.33. The van der Waals surface area contributed by atoms with Crippen molar-refractivity contribution in [3.05, 3.63) is 29.3 Å². The lowest BCUT2D eigenvalue weighted by molar-refractivity contribution is 0.0707. The molecule has 2 aliphatic rings. The Morgan fingerprint density at radius 3 is 2.23 bits per heavy atom. The Morgan fingerprint density at radius 2 is 1.61 bits per heavy atom. The molecular weight excluding hydrogens is 416 g/mol. The van der Waals surface area contributed by atoms with Gasteiger partial charge in [-0.15, -0.1) is 0 Å². The molecule has 1 saturated heterocycles. The van der Waals surface area contributed by atoms with Gasteiger partial charge in [0.05, 0.1) is 4.90 Å². The van der Waals surface area contributed by atoms with E-state index in [1.165, 1.54) is 31.4 Å². The average molecular weight is 451 g/mol. The van der Waals surface area contributed by atoms with Crippen molar-refractivity contribution in [2.24, 2.45) is 0 Å². The van der Waals surface area contributed by atoms with Crippen LogP contribution in [-0.4, -0.2) is 57.0 Å². The van der Waals surface area contributed by atoms with Crippen molar-refractivity contribution < 1.29 is 18.0 Å². The van der Waals surface area contributed by atoms with E-state index in [2.05, 4.69) is 15.4 Å². The van der Waals surface area contributed by atoms with Crippen molar-refractivity contribution in [3.63, 3.8) is 0 Å². The molecule has 1 aromatic carbocycles. The van der Waals surface area contributed by atoms with Crippen LogP contribution in [0.25, 0.3) is 0 Å². The summed E-state index contributed by atoms with van der Waals surface area (Å²) in [6, 6.07) is 4.83. The molecule has 0 radical (unpaired) electrons. The molecule has 1 heterocycles. The maximum atomic E-state index is 13.1. The molecule has 172 valence electrons. The molecule has 0 atom stereocenters. The van der Waals surface area contributed by atoms with Gasteiger partial charge in [-0.25, -0.2) is 17.9 Å². The van der Waals surface area contributed by atoms with E-state index >= 15 is 0 Å². The normalized spacial score (nSPS) is 18.6. The highest BCUT2D eigenvalue weighted by atomic mass is 32.2. The number of nitrogens with zero attached hydrogens (tertiary/aromatic N) is 1. The Hall–Kier alpha value is -2.13. The van der Waals surface area contributed by atoms with E-state index in [0.29, 0.717) is 31.5 Å². The third kappa shape index (κ3) is 6.20. The number of carbonyl (C=O) groups is 2. The molecular formula is C22H34N4O4S. The topological polar surface area (TPSA) is 108 Å². The first-order valence-corrected chi connectivity index (χ1v) is 12.7. The van der Waals surface area contributed by atoms with Gasteiger partial charge < -0.3 is 15.5 Å². The molecule has 1 aliphatic carbocycles. The highest BCUT2D eigenvalue weighted by Crippen LogP contribution is 2.21. The van der Waals surface area contributed by atoms with Gasteiger partial charge in [0.2, 0.25) is 10.0 Å². The van der Waals surface area contributed by atoms with Crippen LogP contribution in [0.3, 0.4) is 0 Å². The number of hydrogen-bond donors (Lipinski definition) is 3. The largest absolute Gasteiger partial charge is 0.338 e. The van der Waals surface area contributed by atoms with Crippen molar-refractivity contribution in [3.8, 4) is 0 Å². The van der Waals surface area contributed by atoms with Crippen molar-refractivity contribution >= 4 is 22.0 Å². The number of hydrogen-bond acceptors (Lipinski definition) is 4. The average Bonchev–Trinajstić information content (AvgIpc) is 2.74. The van der Waals surface area contributed by atoms with Crippen LogP contribution in [-0.2, 0) is 10.0 Å². The van der Waals surface area contributed by atoms with Crippen LogP contribution < -0.4 is 15.4 Å². The summed E-state index contributed by atoms with van der Waals surface area (Å²) in [4.78, 5) is 27.2. The third-order valence-electron chi connectivity index (χ3n) is 6.14. The SMILES string of the molecule is CCNS(=O)(=O)c1ccc(C)c(C(=O)N2CCC(NC(=O)NC3CCCCC3)CC2)c1. The van der Waals surface area contributed by atoms with E-state index in [0.717, 1.165) is 18.4 Å². The van der Waals surface area contributed by atoms with Crippen LogP contribution in [0.1, 0.15) is 67.8 Å². The van der Waals surface area contributed by atoms with Gasteiger partial charge in [0.25, 0.3) is 5.91 Å². The first-order chi connectivity index (χ1) is 14.8. The van der Waals surface area contributed by atoms with Crippen LogP contribution in [0, 0.1) is 6.92 Å². The maximum Gasteiger partial charge on any atom is 0.315 e. The first kappa shape index (κ1) is 23.5. The van der Waals surface area contributed by atoms with Crippen LogP contribution in [0.15, 0.2) is 23.1 Å². The molecule has 1 saturated carbocycles. The summed E-state index contributed by atoms with van der Waals surface area (Å²) >= 11 is 0. The van der Waals surface area contributed by atoms with Crippen molar-refractivity contribution in [1.82, 2.24) is 20.3 Å². The second-order valence-corrected chi connectivity index (χ2v) is 10.3. The second-order valence-electron chi connectivity index (χ2n) is 8.50. The minimum atomic E-state index is -3.62. The summed E-state index contributed by atoms with van der Waals surface area (Å²) in [5.74, 6) is -0.170. The monoisotopic (exact) mass is 450 g/mol. The standard InChI is InChI=1S/C22H34N4O4S/c1-3-23-31(29,30)19-10-9-16(2)20(15-19)21(27)26-13-11-18(12-14-26)25-22(28)24-17-7-5-4-6-8-17/h9-10,15,17-18,23H,3-8,11-14H2,1-2H3,(H2,24,25,28). The third-order valence-corrected chi connectivity index (χ3v) is 7.69. The quantitative estimate of drug-likeness (QED) is 0.619. The van der Waals surface area contributed by atoms with Gasteiger partial charge in [-0.05, 0) is 50.3 Å². The highest BCUT2D eigenvalue weighted by molar-refractivity contribution is 7.89. The molecule has 3 amide bonds. The fourth-order valence-corrected chi connectivity index (χ4v) is 5.40. The van der Waals surface area contributed by atoms with E-state index in [1.54, 1.807) is 24.8 Å². The summed E-state index contributed by atoms with van der Waals surface area (Å²) in [6.45, 7) is 4.86. The summed E-state index contributed by atoms with van der Waals surface area (Å²) in [7, 11) is -3.62. The summed E-state index contributed by atoms with van der Waals surface area (Å²) in [5, 5.41) is 6.11. The van der Waals surface area contributed by atoms with Gasteiger partial charge in [-0.1, -0.05) is 32.3 Å². The van der Waals surface area contributed by atoms with Gasteiger partial charge in [-0.2, -0.15) is 0 Å². The van der Waals surface area contributed by atoms with Crippen molar-refractivity contribution in [2.45, 2.75) is 75.8 Å². The number of benzene rings is 1. The lowest BCUT2D eigenvalue weighted by Crippen LogP contribution is -2.51. The van der Waals surface area contributed by atoms with Crippen LogP contribution in [0.5, 0.6) is 0 Å². The minimum absolute atomic E-state index is 0.0363. The first-order valence-electron chi connectivity index (χ1n) is 11.3. The van der Waals surface area contributed by atoms with E-state index < -0.39 is 10.0 Å². The molecule has 1 aromatic rings. The Balaban J connectivity index is 1.56. The van der Waals surface area contributed by atoms with E-state index in [4.69, 9.17) is 0 Å². The molecule has 31 heavy (non-hydrogen) atoms. The maximum absolute atomic E-state index is 13.1. The summed E-state index contributed by atoms with van der Waals surface area (Å²) in [6.07, 6.45) is 7.03. The predicted octanol–water partition coefficient (Wildman–Crippen LogP) is 2.53. The molecule has 9 heteroatoms. The van der Waals surface area contributed by atoms with Gasteiger partial charge in [0.1, 0.15) is 0 Å². The van der Waals surface area contributed by atoms with Crippen LogP contribution in [0.4, 0.5) is 4.79 Å². The molecule has 0 unspecified atom stereocenters. The lowest BCUT2D eigenvalue weighted by Gasteiger charge is -2.33. The number of urea groups is 1. The molecule has 0 aromatic heterocycles. The number of rotatable bonds is 6. The lowest BCUT2D eigenvalue weighted by atomic mass is 9.96. The zero-order chi connectivity index (χ0) is 22.4. The molecule has 0 bridgehead atoms. The Labute approximate surface area is 185 Å². The number of piperidine rings is 1. The van der Waals surface area contributed by atoms with Crippen molar-refractivity contribution in [1.29, 1.82) is 0 Å². The summed E-state index contributed by atoms with van der Waals surface area (Å²) < 4.78 is 27.1. The van der Waals surface area contributed by atoms with Gasteiger partial charge in [-0.3, -0.25) is 4.79 Å². The highest BCUT2D eigenvalue weighted by Gasteiger charge is 2.27. The van der Waals surface area contributed by atoms with E-state index in [1.807, 2.05) is 0 Å². The second kappa shape index (κ2) is 10.5. The fraction of sp³-hybridized carbons (Fsp3) is 0.636. The number of aryl methyl sites for hydroxylation is 1. The van der Waals surface area contributed by atoms with Crippen molar-refractivity contribution in [2.75, 3.05) is 19.6 Å². The van der Waals surface area contributed by atoms with E-state index in [-0.39, 0.29) is 35.5 Å². The molecule has 8 nitrogen and oxygen atoms in total. The number of nitrogens with one attached hydrogen (secondary N) is 3. The molecule has 0 spiro atoms. The Bertz CT molecular complexity index is 889. The number of carbonyl (C=O) groups excluding carboxylic acids is 2. The Morgan fingerprint density at radius 1 is 1.00 bits per heavy atom. The van der Waals surface area contributed by atoms with Gasteiger partial charge in [0, 0.05) is 37.3 Å². The summed E-state index contributed by atoms with van der Waals surface area (Å²) in [5.41, 5.74) is 1.15. The van der Waals surface area contributed by atoms with Crippen LogP contribution >= 0.6 is 0 Å². The molecule has 1 aliphatic heterocycles. The Kier molecular flexibility index (Phi) is 7.94. The molecule has 3 N–H and O–H groups in total. The van der Waals surface area contributed by atoms with Gasteiger partial charge >= 0.3 is 6.03 Å². The molecule has 2 fully saturated rings. The zero-order valence-electron chi connectivity index (χ0n) is 18.4. The van der Waals surface area contributed by atoms with E-state index in [9.17, 15) is 18.0 Å². The van der Waals surface area contributed by atoms with Crippen LogP contribution in [0.2, 0.25) is 0 Å². The minimum Gasteiger partial charge on any atom is -0.338 e.